The molecule has 4 nitrogen and oxygen atoms in total. The molecule has 0 heterocycles. The van der Waals surface area contributed by atoms with Crippen LogP contribution in [0.15, 0.2) is 59.7 Å². The maximum absolute atomic E-state index is 12.7. The van der Waals surface area contributed by atoms with E-state index in [1.807, 2.05) is 12.1 Å². The number of hydrazone groups is 1. The van der Waals surface area contributed by atoms with Crippen molar-refractivity contribution in [3.8, 4) is 0 Å². The van der Waals surface area contributed by atoms with Crippen molar-refractivity contribution in [1.29, 1.82) is 0 Å². The van der Waals surface area contributed by atoms with E-state index in [0.29, 0.717) is 0 Å². The molecule has 152 valence electrons. The number of nitrogens with one attached hydrogen (secondary N) is 2. The van der Waals surface area contributed by atoms with Crippen molar-refractivity contribution >= 4 is 33.8 Å². The van der Waals surface area contributed by atoms with Gasteiger partial charge in [0.2, 0.25) is 0 Å². The number of hydrogen-bond donors (Lipinski definition) is 2. The van der Waals surface area contributed by atoms with Gasteiger partial charge in [0.1, 0.15) is 0 Å². The summed E-state index contributed by atoms with van der Waals surface area (Å²) in [6.45, 7) is 0. The van der Waals surface area contributed by atoms with Gasteiger partial charge < -0.3 is 5.32 Å². The molecule has 4 bridgehead atoms. The third kappa shape index (κ3) is 3.06. The standard InChI is InChI=1S/C26H27N3O/c30-25(28-26-13-17-9-18(14-26)11-19(10-17)15-26)29-27-16-24-22-7-3-1-5-20(22)12-21-6-2-4-8-23(21)24/h1-8,12,16-19H,9-11,13-15H2,(H2,28,29,30)/b27-16+. The Morgan fingerprint density at radius 1 is 0.867 bits per heavy atom. The molecule has 3 aromatic rings. The van der Waals surface area contributed by atoms with Crippen molar-refractivity contribution in [1.82, 2.24) is 10.7 Å². The molecule has 0 unspecified atom stereocenters. The maximum Gasteiger partial charge on any atom is 0.335 e. The van der Waals surface area contributed by atoms with E-state index in [2.05, 4.69) is 58.3 Å². The molecule has 0 radical (unpaired) electrons. The zero-order valence-corrected chi connectivity index (χ0v) is 17.1. The minimum atomic E-state index is -0.169. The summed E-state index contributed by atoms with van der Waals surface area (Å²) in [6, 6.07) is 18.7. The fourth-order valence-corrected chi connectivity index (χ4v) is 6.88. The largest absolute Gasteiger partial charge is 0.335 e. The normalized spacial score (nSPS) is 29.7. The first-order valence-electron chi connectivity index (χ1n) is 11.2. The number of hydrogen-bond acceptors (Lipinski definition) is 2. The van der Waals surface area contributed by atoms with Crippen molar-refractivity contribution in [2.45, 2.75) is 44.1 Å². The van der Waals surface area contributed by atoms with E-state index in [1.54, 1.807) is 6.21 Å². The lowest BCUT2D eigenvalue weighted by Gasteiger charge is -2.56. The van der Waals surface area contributed by atoms with E-state index < -0.39 is 0 Å². The Hall–Kier alpha value is -2.88. The van der Waals surface area contributed by atoms with Gasteiger partial charge in [-0.05, 0) is 83.9 Å². The number of benzene rings is 3. The van der Waals surface area contributed by atoms with Crippen LogP contribution in [0.2, 0.25) is 0 Å². The van der Waals surface area contributed by atoms with E-state index >= 15 is 0 Å². The number of amides is 2. The Balaban J connectivity index is 1.24. The van der Waals surface area contributed by atoms with E-state index in [-0.39, 0.29) is 11.6 Å². The van der Waals surface area contributed by atoms with Gasteiger partial charge in [-0.1, -0.05) is 48.5 Å². The molecule has 4 aliphatic carbocycles. The summed E-state index contributed by atoms with van der Waals surface area (Å²) in [4.78, 5) is 12.7. The molecule has 4 fully saturated rings. The summed E-state index contributed by atoms with van der Waals surface area (Å²) in [5.41, 5.74) is 3.80. The second-order valence-electron chi connectivity index (χ2n) is 9.75. The first kappa shape index (κ1) is 17.9. The first-order valence-corrected chi connectivity index (χ1v) is 11.2. The number of rotatable bonds is 3. The van der Waals surface area contributed by atoms with Crippen LogP contribution in [-0.4, -0.2) is 17.8 Å². The highest BCUT2D eigenvalue weighted by Gasteiger charge is 2.51. The van der Waals surface area contributed by atoms with Crippen LogP contribution in [0.5, 0.6) is 0 Å². The number of carbonyl (C=O) groups excluding carboxylic acids is 1. The van der Waals surface area contributed by atoms with E-state index in [9.17, 15) is 4.79 Å². The smallest absolute Gasteiger partial charge is 0.331 e. The van der Waals surface area contributed by atoms with Gasteiger partial charge in [0.25, 0.3) is 0 Å². The molecule has 30 heavy (non-hydrogen) atoms. The second kappa shape index (κ2) is 6.83. The molecule has 4 heteroatoms. The van der Waals surface area contributed by atoms with Gasteiger partial charge in [0.15, 0.2) is 0 Å². The van der Waals surface area contributed by atoms with Crippen LogP contribution < -0.4 is 10.7 Å². The quantitative estimate of drug-likeness (QED) is 0.338. The molecule has 0 aromatic heterocycles. The van der Waals surface area contributed by atoms with Gasteiger partial charge in [0.05, 0.1) is 6.21 Å². The van der Waals surface area contributed by atoms with Crippen molar-refractivity contribution < 1.29 is 4.79 Å². The predicted octanol–water partition coefficient (Wildman–Crippen LogP) is 5.59. The maximum atomic E-state index is 12.7. The van der Waals surface area contributed by atoms with Gasteiger partial charge in [-0.2, -0.15) is 5.10 Å². The molecular formula is C26H27N3O. The van der Waals surface area contributed by atoms with Gasteiger partial charge in [0, 0.05) is 11.1 Å². The Kier molecular flexibility index (Phi) is 4.08. The van der Waals surface area contributed by atoms with Gasteiger partial charge in [-0.3, -0.25) is 0 Å². The molecule has 0 saturated heterocycles. The number of fused-ring (bicyclic) bond motifs is 2. The Morgan fingerprint density at radius 2 is 1.40 bits per heavy atom. The van der Waals surface area contributed by atoms with Gasteiger partial charge in [-0.15, -0.1) is 0 Å². The highest BCUT2D eigenvalue weighted by Crippen LogP contribution is 2.55. The third-order valence-electron chi connectivity index (χ3n) is 7.59. The van der Waals surface area contributed by atoms with Crippen LogP contribution in [0.4, 0.5) is 4.79 Å². The molecular weight excluding hydrogens is 370 g/mol. The van der Waals surface area contributed by atoms with Crippen molar-refractivity contribution in [3.05, 3.63) is 60.2 Å². The molecule has 4 aliphatic rings. The van der Waals surface area contributed by atoms with Crippen LogP contribution in [0.25, 0.3) is 21.5 Å². The topological polar surface area (TPSA) is 53.5 Å². The number of nitrogens with zero attached hydrogens (tertiary/aromatic N) is 1. The molecule has 0 spiro atoms. The number of urea groups is 1. The van der Waals surface area contributed by atoms with E-state index in [0.717, 1.165) is 53.4 Å². The zero-order valence-electron chi connectivity index (χ0n) is 17.1. The molecule has 7 rings (SSSR count). The Bertz CT molecular complexity index is 1080. The molecule has 3 aromatic carbocycles. The summed E-state index contributed by atoms with van der Waals surface area (Å²) >= 11 is 0. The van der Waals surface area contributed by atoms with Gasteiger partial charge >= 0.3 is 6.03 Å². The van der Waals surface area contributed by atoms with Crippen LogP contribution in [0.3, 0.4) is 0 Å². The SMILES string of the molecule is O=C(N/N=C/c1c2ccccc2cc2ccccc12)NC12CC3CC(CC(C3)C1)C2. The van der Waals surface area contributed by atoms with Crippen LogP contribution in [-0.2, 0) is 0 Å². The minimum Gasteiger partial charge on any atom is -0.331 e. The lowest BCUT2D eigenvalue weighted by Crippen LogP contribution is -2.61. The first-order chi connectivity index (χ1) is 14.7. The molecule has 0 atom stereocenters. The lowest BCUT2D eigenvalue weighted by molar-refractivity contribution is -0.0135. The monoisotopic (exact) mass is 397 g/mol. The van der Waals surface area contributed by atoms with Crippen LogP contribution in [0, 0.1) is 17.8 Å². The fourth-order valence-electron chi connectivity index (χ4n) is 6.88. The number of carbonyl (C=O) groups is 1. The lowest BCUT2D eigenvalue weighted by atomic mass is 9.53. The molecule has 0 aliphatic heterocycles. The molecule has 2 amide bonds. The summed E-state index contributed by atoms with van der Waals surface area (Å²) < 4.78 is 0. The average molecular weight is 398 g/mol. The molecule has 4 saturated carbocycles. The predicted molar refractivity (Wildman–Crippen MR) is 122 cm³/mol. The van der Waals surface area contributed by atoms with Crippen molar-refractivity contribution in [3.63, 3.8) is 0 Å². The second-order valence-corrected chi connectivity index (χ2v) is 9.75. The van der Waals surface area contributed by atoms with Crippen LogP contribution >= 0.6 is 0 Å². The van der Waals surface area contributed by atoms with E-state index in [4.69, 9.17) is 0 Å². The summed E-state index contributed by atoms with van der Waals surface area (Å²) in [5, 5.41) is 12.3. The summed E-state index contributed by atoms with van der Waals surface area (Å²) in [5.74, 6) is 2.42. The molecule has 2 N–H and O–H groups in total. The zero-order chi connectivity index (χ0) is 20.1. The Labute approximate surface area is 176 Å². The van der Waals surface area contributed by atoms with Crippen molar-refractivity contribution in [2.24, 2.45) is 22.9 Å². The highest BCUT2D eigenvalue weighted by molar-refractivity contribution is 6.13. The third-order valence-corrected chi connectivity index (χ3v) is 7.59. The van der Waals surface area contributed by atoms with Crippen LogP contribution in [0.1, 0.15) is 44.1 Å². The average Bonchev–Trinajstić information content (AvgIpc) is 2.72. The minimum absolute atomic E-state index is 0.000490. The fraction of sp³-hybridized carbons (Fsp3) is 0.385. The summed E-state index contributed by atoms with van der Waals surface area (Å²) in [7, 11) is 0. The van der Waals surface area contributed by atoms with E-state index in [1.165, 1.54) is 30.0 Å². The van der Waals surface area contributed by atoms with Gasteiger partial charge in [-0.25, -0.2) is 10.2 Å². The Morgan fingerprint density at radius 3 is 1.97 bits per heavy atom. The summed E-state index contributed by atoms with van der Waals surface area (Å²) in [6.07, 6.45) is 9.33. The van der Waals surface area contributed by atoms with Crippen molar-refractivity contribution in [2.75, 3.05) is 0 Å². The highest BCUT2D eigenvalue weighted by atomic mass is 16.2.